The Morgan fingerprint density at radius 1 is 1.13 bits per heavy atom. The van der Waals surface area contributed by atoms with E-state index in [4.69, 9.17) is 4.74 Å². The summed E-state index contributed by atoms with van der Waals surface area (Å²) in [5, 5.41) is 3.40. The Kier molecular flexibility index (Phi) is 4.03. The highest BCUT2D eigenvalue weighted by Gasteiger charge is 2.19. The van der Waals surface area contributed by atoms with E-state index in [1.165, 1.54) is 19.3 Å². The van der Waals surface area contributed by atoms with Gasteiger partial charge < -0.3 is 10.1 Å². The van der Waals surface area contributed by atoms with Gasteiger partial charge in [0.2, 0.25) is 0 Å². The van der Waals surface area contributed by atoms with Gasteiger partial charge in [0.05, 0.1) is 0 Å². The molecule has 0 spiro atoms. The average Bonchev–Trinajstić information content (AvgIpc) is 3.09. The van der Waals surface area contributed by atoms with Gasteiger partial charge in [-0.15, -0.1) is 0 Å². The average molecular weight is 205 g/mol. The Morgan fingerprint density at radius 2 is 1.93 bits per heavy atom. The number of benzene rings is 1. The SMILES string of the molecule is c1ccc(OCCNCCC2CC2)cc1. The lowest BCUT2D eigenvalue weighted by Gasteiger charge is -2.06. The summed E-state index contributed by atoms with van der Waals surface area (Å²) >= 11 is 0. The van der Waals surface area contributed by atoms with Crippen molar-refractivity contribution in [2.75, 3.05) is 19.7 Å². The first-order valence-electron chi connectivity index (χ1n) is 5.84. The summed E-state index contributed by atoms with van der Waals surface area (Å²) < 4.78 is 5.57. The molecule has 0 aliphatic heterocycles. The van der Waals surface area contributed by atoms with E-state index in [1.807, 2.05) is 30.3 Å². The molecule has 1 saturated carbocycles. The molecular weight excluding hydrogens is 186 g/mol. The summed E-state index contributed by atoms with van der Waals surface area (Å²) in [6.07, 6.45) is 4.23. The van der Waals surface area contributed by atoms with Crippen LogP contribution in [0.4, 0.5) is 0 Å². The third kappa shape index (κ3) is 4.34. The van der Waals surface area contributed by atoms with Gasteiger partial charge in [-0.3, -0.25) is 0 Å². The second-order valence-corrected chi connectivity index (χ2v) is 4.14. The number of rotatable bonds is 7. The van der Waals surface area contributed by atoms with Gasteiger partial charge in [-0.1, -0.05) is 31.0 Å². The van der Waals surface area contributed by atoms with Crippen molar-refractivity contribution in [2.45, 2.75) is 19.3 Å². The van der Waals surface area contributed by atoms with Crippen LogP contribution in [0.2, 0.25) is 0 Å². The lowest BCUT2D eigenvalue weighted by Crippen LogP contribution is -2.22. The molecule has 0 atom stereocenters. The third-order valence-corrected chi connectivity index (χ3v) is 2.72. The van der Waals surface area contributed by atoms with E-state index >= 15 is 0 Å². The molecule has 0 heterocycles. The normalized spacial score (nSPS) is 15.2. The molecule has 82 valence electrons. The van der Waals surface area contributed by atoms with Gasteiger partial charge in [0.25, 0.3) is 0 Å². The smallest absolute Gasteiger partial charge is 0.119 e. The van der Waals surface area contributed by atoms with Crippen LogP contribution >= 0.6 is 0 Å². The number of ether oxygens (including phenoxy) is 1. The minimum Gasteiger partial charge on any atom is -0.492 e. The van der Waals surface area contributed by atoms with Crippen molar-refractivity contribution >= 4 is 0 Å². The van der Waals surface area contributed by atoms with E-state index in [-0.39, 0.29) is 0 Å². The zero-order valence-electron chi connectivity index (χ0n) is 9.11. The zero-order valence-corrected chi connectivity index (χ0v) is 9.11. The minimum atomic E-state index is 0.759. The summed E-state index contributed by atoms with van der Waals surface area (Å²) in [7, 11) is 0. The molecule has 1 aromatic carbocycles. The Labute approximate surface area is 91.6 Å². The van der Waals surface area contributed by atoms with Crippen LogP contribution in [0, 0.1) is 5.92 Å². The molecule has 0 unspecified atom stereocenters. The number of para-hydroxylation sites is 1. The molecule has 2 heteroatoms. The summed E-state index contributed by atoms with van der Waals surface area (Å²) in [5.41, 5.74) is 0. The lowest BCUT2D eigenvalue weighted by molar-refractivity contribution is 0.313. The molecule has 0 radical (unpaired) electrons. The molecule has 0 aromatic heterocycles. The fraction of sp³-hybridized carbons (Fsp3) is 0.538. The minimum absolute atomic E-state index is 0.759. The maximum atomic E-state index is 5.57. The Hall–Kier alpha value is -1.02. The molecule has 1 aliphatic rings. The van der Waals surface area contributed by atoms with Crippen molar-refractivity contribution < 1.29 is 4.74 Å². The molecule has 0 bridgehead atoms. The van der Waals surface area contributed by atoms with Gasteiger partial charge >= 0.3 is 0 Å². The second kappa shape index (κ2) is 5.76. The third-order valence-electron chi connectivity index (χ3n) is 2.72. The van der Waals surface area contributed by atoms with Gasteiger partial charge in [-0.2, -0.15) is 0 Å². The second-order valence-electron chi connectivity index (χ2n) is 4.14. The number of nitrogens with one attached hydrogen (secondary N) is 1. The van der Waals surface area contributed by atoms with Gasteiger partial charge in [0.15, 0.2) is 0 Å². The predicted octanol–water partition coefficient (Wildman–Crippen LogP) is 2.46. The monoisotopic (exact) mass is 205 g/mol. The van der Waals surface area contributed by atoms with E-state index in [2.05, 4.69) is 5.32 Å². The van der Waals surface area contributed by atoms with E-state index in [0.29, 0.717) is 0 Å². The molecule has 0 amide bonds. The van der Waals surface area contributed by atoms with Crippen LogP contribution < -0.4 is 10.1 Å². The highest BCUT2D eigenvalue weighted by atomic mass is 16.5. The van der Waals surface area contributed by atoms with Crippen LogP contribution in [0.3, 0.4) is 0 Å². The van der Waals surface area contributed by atoms with Crippen molar-refractivity contribution in [3.05, 3.63) is 30.3 Å². The van der Waals surface area contributed by atoms with Crippen molar-refractivity contribution in [2.24, 2.45) is 5.92 Å². The molecule has 15 heavy (non-hydrogen) atoms. The largest absolute Gasteiger partial charge is 0.492 e. The van der Waals surface area contributed by atoms with Gasteiger partial charge in [-0.25, -0.2) is 0 Å². The van der Waals surface area contributed by atoms with Crippen molar-refractivity contribution in [3.8, 4) is 5.75 Å². The molecule has 2 rings (SSSR count). The Morgan fingerprint density at radius 3 is 2.67 bits per heavy atom. The van der Waals surface area contributed by atoms with Crippen LogP contribution in [0.25, 0.3) is 0 Å². The Balaban J connectivity index is 1.47. The van der Waals surface area contributed by atoms with Crippen molar-refractivity contribution in [1.29, 1.82) is 0 Å². The van der Waals surface area contributed by atoms with Crippen molar-refractivity contribution in [3.63, 3.8) is 0 Å². The lowest BCUT2D eigenvalue weighted by atomic mass is 10.3. The predicted molar refractivity (Wildman–Crippen MR) is 62.1 cm³/mol. The van der Waals surface area contributed by atoms with Crippen LogP contribution in [-0.4, -0.2) is 19.7 Å². The zero-order chi connectivity index (χ0) is 10.3. The van der Waals surface area contributed by atoms with Gasteiger partial charge in [0.1, 0.15) is 12.4 Å². The van der Waals surface area contributed by atoms with Crippen LogP contribution in [-0.2, 0) is 0 Å². The highest BCUT2D eigenvalue weighted by Crippen LogP contribution is 2.31. The topological polar surface area (TPSA) is 21.3 Å². The van der Waals surface area contributed by atoms with E-state index in [1.54, 1.807) is 0 Å². The van der Waals surface area contributed by atoms with Gasteiger partial charge in [-0.05, 0) is 31.0 Å². The highest BCUT2D eigenvalue weighted by molar-refractivity contribution is 5.20. The summed E-state index contributed by atoms with van der Waals surface area (Å²) in [6.45, 7) is 2.85. The maximum Gasteiger partial charge on any atom is 0.119 e. The quantitative estimate of drug-likeness (QED) is 0.690. The number of hydrogen-bond acceptors (Lipinski definition) is 2. The van der Waals surface area contributed by atoms with Crippen molar-refractivity contribution in [1.82, 2.24) is 5.32 Å². The van der Waals surface area contributed by atoms with Gasteiger partial charge in [0, 0.05) is 6.54 Å². The maximum absolute atomic E-state index is 5.57. The van der Waals surface area contributed by atoms with Crippen LogP contribution in [0.1, 0.15) is 19.3 Å². The standard InChI is InChI=1S/C13H19NO/c1-2-4-13(5-3-1)15-11-10-14-9-8-12-6-7-12/h1-5,12,14H,6-11H2. The van der Waals surface area contributed by atoms with Crippen LogP contribution in [0.5, 0.6) is 5.75 Å². The molecular formula is C13H19NO. The molecule has 2 nitrogen and oxygen atoms in total. The molecule has 1 aromatic rings. The molecule has 0 saturated heterocycles. The molecule has 1 aliphatic carbocycles. The summed E-state index contributed by atoms with van der Waals surface area (Å²) in [6, 6.07) is 9.97. The number of hydrogen-bond donors (Lipinski definition) is 1. The molecule has 1 N–H and O–H groups in total. The summed E-state index contributed by atoms with van der Waals surface area (Å²) in [4.78, 5) is 0. The first-order valence-corrected chi connectivity index (χ1v) is 5.84. The van der Waals surface area contributed by atoms with E-state index in [0.717, 1.165) is 31.4 Å². The van der Waals surface area contributed by atoms with E-state index < -0.39 is 0 Å². The summed E-state index contributed by atoms with van der Waals surface area (Å²) in [5.74, 6) is 1.98. The first kappa shape index (κ1) is 10.5. The molecule has 1 fully saturated rings. The Bertz CT molecular complexity index is 269. The first-order chi connectivity index (χ1) is 7.45. The van der Waals surface area contributed by atoms with E-state index in [9.17, 15) is 0 Å². The fourth-order valence-electron chi connectivity index (χ4n) is 1.60. The fourth-order valence-corrected chi connectivity index (χ4v) is 1.60. The van der Waals surface area contributed by atoms with Crippen LogP contribution in [0.15, 0.2) is 30.3 Å².